The first-order valence-electron chi connectivity index (χ1n) is 6.01. The van der Waals surface area contributed by atoms with E-state index in [2.05, 4.69) is 10.5 Å². The fraction of sp³-hybridized carbons (Fsp3) is 0. The molecule has 0 unspecified atom stereocenters. The Morgan fingerprint density at radius 2 is 1.75 bits per heavy atom. The van der Waals surface area contributed by atoms with Crippen molar-refractivity contribution in [3.63, 3.8) is 0 Å². The molecule has 0 aliphatic carbocycles. The van der Waals surface area contributed by atoms with Crippen LogP contribution in [-0.4, -0.2) is 11.1 Å². The number of rotatable bonds is 5. The van der Waals surface area contributed by atoms with Gasteiger partial charge < -0.3 is 0 Å². The molecule has 100 valence electrons. The lowest BCUT2D eigenvalue weighted by Crippen LogP contribution is -1.90. The largest absolute Gasteiger partial charge is 0.279 e. The summed E-state index contributed by atoms with van der Waals surface area (Å²) in [7, 11) is 0. The molecule has 5 nitrogen and oxygen atoms in total. The van der Waals surface area contributed by atoms with Crippen LogP contribution in [0.15, 0.2) is 65.8 Å². The molecule has 2 aromatic carbocycles. The third kappa shape index (κ3) is 4.06. The molecule has 0 amide bonds. The number of non-ortho nitro benzene ring substituents is 1. The molecular weight excluding hydrogens is 254 g/mol. The second kappa shape index (κ2) is 6.84. The van der Waals surface area contributed by atoms with Crippen LogP contribution in [0, 0.1) is 10.1 Å². The van der Waals surface area contributed by atoms with Gasteiger partial charge in [0.2, 0.25) is 0 Å². The highest BCUT2D eigenvalue weighted by Gasteiger charge is 2.02. The van der Waals surface area contributed by atoms with Gasteiger partial charge in [0.25, 0.3) is 5.69 Å². The molecule has 0 fully saturated rings. The zero-order valence-corrected chi connectivity index (χ0v) is 10.6. The summed E-state index contributed by atoms with van der Waals surface area (Å²) in [6.45, 7) is 0. The fourth-order valence-electron chi connectivity index (χ4n) is 1.53. The molecule has 0 spiro atoms. The number of allylic oxidation sites excluding steroid dienone is 1. The fourth-order valence-corrected chi connectivity index (χ4v) is 1.53. The molecule has 0 aliphatic rings. The zero-order valence-electron chi connectivity index (χ0n) is 10.6. The Balaban J connectivity index is 1.87. The maximum Gasteiger partial charge on any atom is 0.269 e. The van der Waals surface area contributed by atoms with Gasteiger partial charge in [0.05, 0.1) is 10.6 Å². The number of nitro groups is 1. The van der Waals surface area contributed by atoms with Crippen molar-refractivity contribution in [1.82, 2.24) is 0 Å². The van der Waals surface area contributed by atoms with E-state index < -0.39 is 4.92 Å². The molecule has 2 rings (SSSR count). The number of anilines is 1. The van der Waals surface area contributed by atoms with Gasteiger partial charge in [0, 0.05) is 18.3 Å². The third-order valence-electron chi connectivity index (χ3n) is 2.52. The monoisotopic (exact) mass is 267 g/mol. The Labute approximate surface area is 116 Å². The highest BCUT2D eigenvalue weighted by atomic mass is 16.6. The quantitative estimate of drug-likeness (QED) is 0.510. The molecule has 0 aliphatic heterocycles. The van der Waals surface area contributed by atoms with Crippen LogP contribution in [0.25, 0.3) is 6.08 Å². The number of benzene rings is 2. The first-order chi connectivity index (χ1) is 9.75. The number of nitro benzene ring substituents is 1. The normalized spacial score (nSPS) is 11.0. The third-order valence-corrected chi connectivity index (χ3v) is 2.52. The first kappa shape index (κ1) is 13.5. The van der Waals surface area contributed by atoms with E-state index in [0.717, 1.165) is 5.56 Å². The van der Waals surface area contributed by atoms with E-state index >= 15 is 0 Å². The van der Waals surface area contributed by atoms with Crippen molar-refractivity contribution >= 4 is 23.7 Å². The number of nitrogens with one attached hydrogen (secondary N) is 1. The van der Waals surface area contributed by atoms with E-state index in [1.165, 1.54) is 12.1 Å². The van der Waals surface area contributed by atoms with Gasteiger partial charge in [-0.05, 0) is 23.8 Å². The SMILES string of the molecule is O=[N+]([O-])c1ccc(NN=C/C=C/c2ccccc2)cc1. The van der Waals surface area contributed by atoms with Crippen LogP contribution < -0.4 is 5.43 Å². The minimum absolute atomic E-state index is 0.0588. The first-order valence-corrected chi connectivity index (χ1v) is 6.01. The average molecular weight is 267 g/mol. The highest BCUT2D eigenvalue weighted by molar-refractivity contribution is 5.78. The summed E-state index contributed by atoms with van der Waals surface area (Å²) in [6, 6.07) is 15.9. The molecule has 0 atom stereocenters. The Kier molecular flexibility index (Phi) is 4.61. The Bertz CT molecular complexity index is 619. The van der Waals surface area contributed by atoms with E-state index in [1.54, 1.807) is 18.3 Å². The molecule has 0 bridgehead atoms. The average Bonchev–Trinajstić information content (AvgIpc) is 2.48. The minimum atomic E-state index is -0.435. The molecule has 2 aromatic rings. The Morgan fingerprint density at radius 3 is 2.40 bits per heavy atom. The topological polar surface area (TPSA) is 67.5 Å². The van der Waals surface area contributed by atoms with Crippen LogP contribution in [0.2, 0.25) is 0 Å². The van der Waals surface area contributed by atoms with Crippen molar-refractivity contribution in [2.45, 2.75) is 0 Å². The van der Waals surface area contributed by atoms with Gasteiger partial charge in [-0.2, -0.15) is 5.10 Å². The molecule has 20 heavy (non-hydrogen) atoms. The van der Waals surface area contributed by atoms with Gasteiger partial charge in [-0.15, -0.1) is 0 Å². The van der Waals surface area contributed by atoms with Crippen LogP contribution in [0.5, 0.6) is 0 Å². The summed E-state index contributed by atoms with van der Waals surface area (Å²) in [5.41, 5.74) is 4.64. The lowest BCUT2D eigenvalue weighted by atomic mass is 10.2. The maximum atomic E-state index is 10.5. The molecule has 5 heteroatoms. The number of hydrogen-bond donors (Lipinski definition) is 1. The summed E-state index contributed by atoms with van der Waals surface area (Å²) in [5.74, 6) is 0. The minimum Gasteiger partial charge on any atom is -0.279 e. The molecule has 1 N–H and O–H groups in total. The standard InChI is InChI=1S/C15H13N3O2/c19-18(20)15-10-8-14(9-11-15)17-16-12-4-7-13-5-2-1-3-6-13/h1-12,17H/b7-4+,16-12?. The van der Waals surface area contributed by atoms with Gasteiger partial charge in [-0.1, -0.05) is 36.4 Å². The van der Waals surface area contributed by atoms with Crippen molar-refractivity contribution in [2.75, 3.05) is 5.43 Å². The number of hydrogen-bond acceptors (Lipinski definition) is 4. The Morgan fingerprint density at radius 1 is 1.05 bits per heavy atom. The highest BCUT2D eigenvalue weighted by Crippen LogP contribution is 2.15. The summed E-state index contributed by atoms with van der Waals surface area (Å²) in [4.78, 5) is 10.1. The molecule has 0 heterocycles. The summed E-state index contributed by atoms with van der Waals surface area (Å²) in [5, 5.41) is 14.5. The van der Waals surface area contributed by atoms with Gasteiger partial charge in [-0.3, -0.25) is 15.5 Å². The van der Waals surface area contributed by atoms with Crippen LogP contribution in [0.3, 0.4) is 0 Å². The molecule has 0 aromatic heterocycles. The second-order valence-corrected chi connectivity index (χ2v) is 3.96. The van der Waals surface area contributed by atoms with Gasteiger partial charge in [0.1, 0.15) is 0 Å². The van der Waals surface area contributed by atoms with Crippen molar-refractivity contribution < 1.29 is 4.92 Å². The number of hydrazone groups is 1. The smallest absolute Gasteiger partial charge is 0.269 e. The van der Waals surface area contributed by atoms with Gasteiger partial charge in [-0.25, -0.2) is 0 Å². The van der Waals surface area contributed by atoms with Gasteiger partial charge in [0.15, 0.2) is 0 Å². The van der Waals surface area contributed by atoms with Crippen LogP contribution in [-0.2, 0) is 0 Å². The predicted octanol–water partition coefficient (Wildman–Crippen LogP) is 3.71. The van der Waals surface area contributed by atoms with Crippen LogP contribution in [0.4, 0.5) is 11.4 Å². The summed E-state index contributed by atoms with van der Waals surface area (Å²) in [6.07, 6.45) is 5.36. The van der Waals surface area contributed by atoms with E-state index in [1.807, 2.05) is 42.5 Å². The van der Waals surface area contributed by atoms with E-state index in [-0.39, 0.29) is 5.69 Å². The molecule has 0 saturated carbocycles. The maximum absolute atomic E-state index is 10.5. The lowest BCUT2D eigenvalue weighted by molar-refractivity contribution is -0.384. The van der Waals surface area contributed by atoms with Crippen molar-refractivity contribution in [2.24, 2.45) is 5.10 Å². The molecule has 0 saturated heterocycles. The summed E-state index contributed by atoms with van der Waals surface area (Å²) >= 11 is 0. The molecule has 0 radical (unpaired) electrons. The van der Waals surface area contributed by atoms with E-state index in [9.17, 15) is 10.1 Å². The molecular formula is C15H13N3O2. The van der Waals surface area contributed by atoms with E-state index in [4.69, 9.17) is 0 Å². The van der Waals surface area contributed by atoms with Crippen molar-refractivity contribution in [1.29, 1.82) is 0 Å². The Hall–Kier alpha value is -2.95. The predicted molar refractivity (Wildman–Crippen MR) is 80.7 cm³/mol. The second-order valence-electron chi connectivity index (χ2n) is 3.96. The van der Waals surface area contributed by atoms with E-state index in [0.29, 0.717) is 5.69 Å². The van der Waals surface area contributed by atoms with Gasteiger partial charge >= 0.3 is 0 Å². The van der Waals surface area contributed by atoms with Crippen molar-refractivity contribution in [3.8, 4) is 0 Å². The summed E-state index contributed by atoms with van der Waals surface area (Å²) < 4.78 is 0. The number of nitrogens with zero attached hydrogens (tertiary/aromatic N) is 2. The van der Waals surface area contributed by atoms with Crippen LogP contribution >= 0.6 is 0 Å². The van der Waals surface area contributed by atoms with Crippen LogP contribution in [0.1, 0.15) is 5.56 Å². The van der Waals surface area contributed by atoms with Crippen molar-refractivity contribution in [3.05, 3.63) is 76.4 Å². The lowest BCUT2D eigenvalue weighted by Gasteiger charge is -1.98. The zero-order chi connectivity index (χ0) is 14.2.